The van der Waals surface area contributed by atoms with Crippen molar-refractivity contribution in [3.8, 4) is 0 Å². The van der Waals surface area contributed by atoms with Crippen LogP contribution in [0.1, 0.15) is 37.8 Å². The van der Waals surface area contributed by atoms with E-state index in [1.165, 1.54) is 28.0 Å². The maximum atomic E-state index is 13.4. The van der Waals surface area contributed by atoms with Crippen molar-refractivity contribution in [3.05, 3.63) is 63.9 Å². The summed E-state index contributed by atoms with van der Waals surface area (Å²) in [5.41, 5.74) is 3.54. The Morgan fingerprint density at radius 1 is 1.12 bits per heavy atom. The molecule has 2 aliphatic rings. The molecule has 0 atom stereocenters. The molecule has 3 aromatic rings. The van der Waals surface area contributed by atoms with Crippen LogP contribution in [-0.2, 0) is 24.3 Å². The second-order valence-electron chi connectivity index (χ2n) is 8.17. The Morgan fingerprint density at radius 3 is 2.65 bits per heavy atom. The fourth-order valence-electron chi connectivity index (χ4n) is 4.30. The molecular formula is C23H24N6O3S2. The van der Waals surface area contributed by atoms with E-state index in [9.17, 15) is 14.4 Å². The van der Waals surface area contributed by atoms with Crippen molar-refractivity contribution < 1.29 is 14.4 Å². The molecule has 0 bridgehead atoms. The van der Waals surface area contributed by atoms with Crippen LogP contribution in [0.2, 0.25) is 0 Å². The number of carbonyl (C=O) groups is 3. The van der Waals surface area contributed by atoms with Gasteiger partial charge in [-0.15, -0.1) is 11.3 Å². The molecule has 0 aliphatic carbocycles. The maximum absolute atomic E-state index is 13.4. The minimum atomic E-state index is -0.273. The zero-order chi connectivity index (χ0) is 23.7. The highest BCUT2D eigenvalue weighted by Crippen LogP contribution is 2.27. The summed E-state index contributed by atoms with van der Waals surface area (Å²) in [6, 6.07) is 9.95. The lowest BCUT2D eigenvalue weighted by molar-refractivity contribution is -0.123. The van der Waals surface area contributed by atoms with Crippen molar-refractivity contribution in [2.24, 2.45) is 0 Å². The first kappa shape index (κ1) is 22.6. The Kier molecular flexibility index (Phi) is 6.38. The lowest BCUT2D eigenvalue weighted by atomic mass is 10.0. The van der Waals surface area contributed by atoms with Crippen LogP contribution in [0, 0.1) is 0 Å². The Balaban J connectivity index is 1.47. The summed E-state index contributed by atoms with van der Waals surface area (Å²) >= 11 is 2.96. The van der Waals surface area contributed by atoms with Gasteiger partial charge in [-0.3, -0.25) is 19.1 Å². The number of fused-ring (bicyclic) bond motifs is 1. The lowest BCUT2D eigenvalue weighted by Gasteiger charge is -2.29. The molecule has 2 aliphatic heterocycles. The Bertz CT molecular complexity index is 1240. The number of nitrogens with one attached hydrogen (secondary N) is 1. The number of hydrogen-bond donors (Lipinski definition) is 1. The number of amides is 3. The van der Waals surface area contributed by atoms with E-state index in [0.29, 0.717) is 44.0 Å². The number of thiazole rings is 1. The molecule has 0 radical (unpaired) electrons. The number of piperazine rings is 1. The summed E-state index contributed by atoms with van der Waals surface area (Å²) in [5.74, 6) is -0.596. The van der Waals surface area contributed by atoms with E-state index < -0.39 is 0 Å². The van der Waals surface area contributed by atoms with Gasteiger partial charge in [-0.25, -0.2) is 4.98 Å². The van der Waals surface area contributed by atoms with Crippen molar-refractivity contribution in [1.82, 2.24) is 29.9 Å². The first-order valence-electron chi connectivity index (χ1n) is 11.0. The average Bonchev–Trinajstić information content (AvgIpc) is 3.49. The zero-order valence-corrected chi connectivity index (χ0v) is 20.3. The van der Waals surface area contributed by atoms with E-state index >= 15 is 0 Å². The van der Waals surface area contributed by atoms with Gasteiger partial charge in [0, 0.05) is 42.7 Å². The van der Waals surface area contributed by atoms with Gasteiger partial charge in [-0.05, 0) is 11.8 Å². The highest BCUT2D eigenvalue weighted by atomic mass is 32.2. The minimum absolute atomic E-state index is 0.0120. The van der Waals surface area contributed by atoms with Gasteiger partial charge in [0.2, 0.25) is 5.91 Å². The van der Waals surface area contributed by atoms with Crippen molar-refractivity contribution in [2.45, 2.75) is 23.8 Å². The molecule has 1 saturated heterocycles. The van der Waals surface area contributed by atoms with E-state index in [-0.39, 0.29) is 30.8 Å². The molecule has 1 N–H and O–H groups in total. The third-order valence-corrected chi connectivity index (χ3v) is 7.86. The van der Waals surface area contributed by atoms with Gasteiger partial charge in [-0.2, -0.15) is 5.10 Å². The summed E-state index contributed by atoms with van der Waals surface area (Å²) in [7, 11) is 0. The predicted octanol–water partition coefficient (Wildman–Crippen LogP) is 1.88. The molecule has 0 saturated carbocycles. The fraction of sp³-hybridized carbons (Fsp3) is 0.348. The Morgan fingerprint density at radius 2 is 1.91 bits per heavy atom. The minimum Gasteiger partial charge on any atom is -0.353 e. The van der Waals surface area contributed by atoms with E-state index in [1.54, 1.807) is 10.3 Å². The van der Waals surface area contributed by atoms with Gasteiger partial charge in [0.25, 0.3) is 11.8 Å². The molecule has 0 spiro atoms. The van der Waals surface area contributed by atoms with Crippen LogP contribution >= 0.6 is 23.1 Å². The smallest absolute Gasteiger partial charge is 0.275 e. The van der Waals surface area contributed by atoms with E-state index in [0.717, 1.165) is 21.2 Å². The van der Waals surface area contributed by atoms with Crippen LogP contribution in [0.15, 0.2) is 40.1 Å². The average molecular weight is 497 g/mol. The van der Waals surface area contributed by atoms with Gasteiger partial charge in [0.1, 0.15) is 10.0 Å². The summed E-state index contributed by atoms with van der Waals surface area (Å²) in [5, 5.41) is 9.24. The van der Waals surface area contributed by atoms with E-state index in [1.807, 2.05) is 41.3 Å². The van der Waals surface area contributed by atoms with Crippen LogP contribution in [-0.4, -0.2) is 74.7 Å². The second-order valence-corrected chi connectivity index (χ2v) is 10.1. The first-order valence-corrected chi connectivity index (χ1v) is 13.1. The van der Waals surface area contributed by atoms with Crippen molar-refractivity contribution in [2.75, 3.05) is 32.4 Å². The topological polar surface area (TPSA) is 100 Å². The normalized spacial score (nSPS) is 15.7. The first-order chi connectivity index (χ1) is 16.5. The third-order valence-electron chi connectivity index (χ3n) is 6.00. The van der Waals surface area contributed by atoms with Crippen LogP contribution in [0.4, 0.5) is 0 Å². The molecular weight excluding hydrogens is 472 g/mol. The number of benzene rings is 1. The molecule has 34 heavy (non-hydrogen) atoms. The highest BCUT2D eigenvalue weighted by molar-refractivity contribution is 8.00. The van der Waals surface area contributed by atoms with Crippen molar-refractivity contribution in [1.29, 1.82) is 0 Å². The van der Waals surface area contributed by atoms with Gasteiger partial charge >= 0.3 is 0 Å². The number of carbonyl (C=O) groups excluding carboxylic acids is 3. The maximum Gasteiger partial charge on any atom is 0.275 e. The van der Waals surface area contributed by atoms with Gasteiger partial charge < -0.3 is 15.1 Å². The van der Waals surface area contributed by atoms with Crippen molar-refractivity contribution >= 4 is 40.8 Å². The fourth-order valence-corrected chi connectivity index (χ4v) is 5.53. The number of aromatic nitrogens is 3. The standard InChI is InChI=1S/C23H24N6O3S2/c1-33-23-25-17(14-34-23)21(31)27-9-7-18-16(12-27)20(22(32)28-10-8-24-19(30)13-28)26-29(18)11-15-5-3-2-4-6-15/h2-6,14H,7-13H2,1H3,(H,24,30). The molecule has 1 fully saturated rings. The van der Waals surface area contributed by atoms with Crippen LogP contribution in [0.3, 0.4) is 0 Å². The van der Waals surface area contributed by atoms with Crippen LogP contribution in [0.5, 0.6) is 0 Å². The van der Waals surface area contributed by atoms with Gasteiger partial charge in [0.15, 0.2) is 5.69 Å². The van der Waals surface area contributed by atoms with Crippen LogP contribution in [0.25, 0.3) is 0 Å². The number of nitrogens with zero attached hydrogens (tertiary/aromatic N) is 5. The SMILES string of the molecule is CSc1nc(C(=O)N2CCc3c(c(C(=O)N4CCNC(=O)C4)nn3Cc3ccccc3)C2)cs1. The second kappa shape index (κ2) is 9.59. The largest absolute Gasteiger partial charge is 0.353 e. The van der Waals surface area contributed by atoms with Gasteiger partial charge in [-0.1, -0.05) is 42.1 Å². The molecule has 3 amide bonds. The summed E-state index contributed by atoms with van der Waals surface area (Å²) < 4.78 is 2.72. The Hall–Kier alpha value is -3.18. The monoisotopic (exact) mass is 496 g/mol. The van der Waals surface area contributed by atoms with Gasteiger partial charge in [0.05, 0.1) is 19.6 Å². The summed E-state index contributed by atoms with van der Waals surface area (Å²) in [6.07, 6.45) is 2.52. The molecule has 176 valence electrons. The third kappa shape index (κ3) is 4.45. The summed E-state index contributed by atoms with van der Waals surface area (Å²) in [4.78, 5) is 46.1. The number of thioether (sulfide) groups is 1. The van der Waals surface area contributed by atoms with Crippen LogP contribution < -0.4 is 5.32 Å². The molecule has 9 nitrogen and oxygen atoms in total. The highest BCUT2D eigenvalue weighted by Gasteiger charge is 2.34. The Labute approximate surface area is 205 Å². The van der Waals surface area contributed by atoms with E-state index in [4.69, 9.17) is 5.10 Å². The van der Waals surface area contributed by atoms with E-state index in [2.05, 4.69) is 10.3 Å². The molecule has 1 aromatic carbocycles. The zero-order valence-electron chi connectivity index (χ0n) is 18.7. The predicted molar refractivity (Wildman–Crippen MR) is 129 cm³/mol. The lowest BCUT2D eigenvalue weighted by Crippen LogP contribution is -2.50. The quantitative estimate of drug-likeness (QED) is 0.542. The molecule has 11 heteroatoms. The molecule has 0 unspecified atom stereocenters. The molecule has 2 aromatic heterocycles. The number of rotatable bonds is 5. The summed E-state index contributed by atoms with van der Waals surface area (Å²) in [6.45, 7) is 2.22. The molecule has 4 heterocycles. The van der Waals surface area contributed by atoms with Crippen molar-refractivity contribution in [3.63, 3.8) is 0 Å². The number of hydrogen-bond acceptors (Lipinski definition) is 7. The molecule has 5 rings (SSSR count).